The van der Waals surface area contributed by atoms with Crippen molar-refractivity contribution in [3.05, 3.63) is 22.8 Å². The quantitative estimate of drug-likeness (QED) is 0.232. The number of esters is 4. The lowest BCUT2D eigenvalue weighted by atomic mass is 9.55. The summed E-state index contributed by atoms with van der Waals surface area (Å²) < 4.78 is 29.7. The van der Waals surface area contributed by atoms with Crippen LogP contribution in [0.15, 0.2) is 22.8 Å². The van der Waals surface area contributed by atoms with Gasteiger partial charge in [-0.3, -0.25) is 14.4 Å². The van der Waals surface area contributed by atoms with Gasteiger partial charge in [-0.1, -0.05) is 13.8 Å². The molecule has 2 heterocycles. The molecule has 0 radical (unpaired) electrons. The van der Waals surface area contributed by atoms with Crippen molar-refractivity contribution in [2.24, 2.45) is 11.3 Å². The molecule has 0 aromatic rings. The Kier molecular flexibility index (Phi) is 7.31. The Balaban J connectivity index is 1.91. The molecular formula is C28H38O9. The zero-order chi connectivity index (χ0) is 27.3. The van der Waals surface area contributed by atoms with E-state index in [9.17, 15) is 19.2 Å². The molecule has 4 rings (SSSR count). The molecule has 204 valence electrons. The fraction of sp³-hybridized carbons (Fsp3) is 0.714. The molecule has 9 heteroatoms. The second-order valence-electron chi connectivity index (χ2n) is 11.2. The van der Waals surface area contributed by atoms with Gasteiger partial charge in [0.15, 0.2) is 0 Å². The highest BCUT2D eigenvalue weighted by molar-refractivity contribution is 5.92. The maximum absolute atomic E-state index is 12.9. The van der Waals surface area contributed by atoms with Gasteiger partial charge >= 0.3 is 23.9 Å². The summed E-state index contributed by atoms with van der Waals surface area (Å²) in [6, 6.07) is 0. The molecule has 1 saturated carbocycles. The van der Waals surface area contributed by atoms with E-state index in [4.69, 9.17) is 23.7 Å². The van der Waals surface area contributed by atoms with E-state index >= 15 is 0 Å². The van der Waals surface area contributed by atoms with Crippen LogP contribution < -0.4 is 0 Å². The molecule has 8 atom stereocenters. The van der Waals surface area contributed by atoms with Gasteiger partial charge in [0.05, 0.1) is 11.7 Å². The molecule has 1 saturated heterocycles. The number of epoxide rings is 1. The minimum absolute atomic E-state index is 0.135. The van der Waals surface area contributed by atoms with Crippen LogP contribution in [0.2, 0.25) is 0 Å². The van der Waals surface area contributed by atoms with E-state index in [0.29, 0.717) is 30.4 Å². The van der Waals surface area contributed by atoms with E-state index in [2.05, 4.69) is 0 Å². The first-order valence-corrected chi connectivity index (χ1v) is 13.1. The normalized spacial score (nSPS) is 40.2. The molecule has 0 bridgehead atoms. The summed E-state index contributed by atoms with van der Waals surface area (Å²) in [5, 5.41) is 0. The largest absolute Gasteiger partial charge is 0.462 e. The second kappa shape index (κ2) is 9.89. The molecule has 0 aromatic heterocycles. The average Bonchev–Trinajstić information content (AvgIpc) is 3.38. The smallest absolute Gasteiger partial charge is 0.334 e. The van der Waals surface area contributed by atoms with Crippen molar-refractivity contribution >= 4 is 23.9 Å². The van der Waals surface area contributed by atoms with Crippen LogP contribution in [0.5, 0.6) is 0 Å². The summed E-state index contributed by atoms with van der Waals surface area (Å²) in [4.78, 5) is 49.9. The van der Waals surface area contributed by atoms with E-state index in [1.54, 1.807) is 6.92 Å². The molecule has 9 nitrogen and oxygen atoms in total. The van der Waals surface area contributed by atoms with Crippen LogP contribution in [0.3, 0.4) is 0 Å². The van der Waals surface area contributed by atoms with Crippen LogP contribution in [-0.4, -0.2) is 60.0 Å². The highest BCUT2D eigenvalue weighted by atomic mass is 16.6. The highest BCUT2D eigenvalue weighted by Crippen LogP contribution is 2.63. The summed E-state index contributed by atoms with van der Waals surface area (Å²) >= 11 is 0. The van der Waals surface area contributed by atoms with E-state index in [1.165, 1.54) is 13.8 Å². The standard InChI is InChI=1S/C28H38O9/c1-8-9-25(31)36-22-12-19(33-16(4)29)14(2)10-20-18(15(3)26(32)35-20)11-21-27(22,6)23(34-17(5)30)13-24-28(21,7)37-24/h10,19-24H,8-9,11-13H2,1-7H3/b14-10-/t19-,20+,21-,22-,23+,24+,27+,28-/m0/s1. The van der Waals surface area contributed by atoms with Gasteiger partial charge in [0.2, 0.25) is 0 Å². The molecule has 0 spiro atoms. The Labute approximate surface area is 217 Å². The summed E-state index contributed by atoms with van der Waals surface area (Å²) in [5.41, 5.74) is 0.540. The van der Waals surface area contributed by atoms with Gasteiger partial charge in [0.25, 0.3) is 0 Å². The molecule has 2 aliphatic heterocycles. The number of carbonyl (C=O) groups excluding carboxylic acids is 4. The first-order valence-electron chi connectivity index (χ1n) is 13.1. The van der Waals surface area contributed by atoms with E-state index in [0.717, 1.165) is 5.57 Å². The number of carbonyl (C=O) groups is 4. The van der Waals surface area contributed by atoms with Crippen molar-refractivity contribution in [2.45, 2.75) is 117 Å². The van der Waals surface area contributed by atoms with Crippen molar-refractivity contribution in [3.63, 3.8) is 0 Å². The van der Waals surface area contributed by atoms with Gasteiger partial charge in [-0.15, -0.1) is 0 Å². The molecule has 0 amide bonds. The van der Waals surface area contributed by atoms with Gasteiger partial charge in [0, 0.05) is 50.0 Å². The van der Waals surface area contributed by atoms with Crippen molar-refractivity contribution in [2.75, 3.05) is 0 Å². The second-order valence-corrected chi connectivity index (χ2v) is 11.2. The van der Waals surface area contributed by atoms with Gasteiger partial charge in [-0.25, -0.2) is 4.79 Å². The monoisotopic (exact) mass is 518 g/mol. The average molecular weight is 519 g/mol. The van der Waals surface area contributed by atoms with Crippen LogP contribution in [0, 0.1) is 11.3 Å². The van der Waals surface area contributed by atoms with Crippen LogP contribution in [0.1, 0.15) is 80.6 Å². The Morgan fingerprint density at radius 1 is 1.03 bits per heavy atom. The third kappa shape index (κ3) is 4.94. The van der Waals surface area contributed by atoms with E-state index in [-0.39, 0.29) is 30.8 Å². The number of fused-ring (bicyclic) bond motifs is 4. The molecule has 0 unspecified atom stereocenters. The summed E-state index contributed by atoms with van der Waals surface area (Å²) in [7, 11) is 0. The van der Waals surface area contributed by atoms with Crippen LogP contribution in [0.25, 0.3) is 0 Å². The van der Waals surface area contributed by atoms with Crippen LogP contribution in [-0.2, 0) is 42.9 Å². The Hall–Kier alpha value is -2.68. The number of hydrogen-bond donors (Lipinski definition) is 0. The molecule has 2 aliphatic carbocycles. The number of ether oxygens (including phenoxy) is 5. The summed E-state index contributed by atoms with van der Waals surface area (Å²) in [6.45, 7) is 12.1. The molecule has 4 aliphatic rings. The van der Waals surface area contributed by atoms with E-state index in [1.807, 2.05) is 33.8 Å². The minimum Gasteiger partial charge on any atom is -0.462 e. The first kappa shape index (κ1) is 27.4. The van der Waals surface area contributed by atoms with Crippen molar-refractivity contribution < 1.29 is 42.9 Å². The summed E-state index contributed by atoms with van der Waals surface area (Å²) in [5.74, 6) is -1.97. The van der Waals surface area contributed by atoms with Gasteiger partial charge < -0.3 is 23.7 Å². The Bertz CT molecular complexity index is 1060. The van der Waals surface area contributed by atoms with Crippen LogP contribution in [0.4, 0.5) is 0 Å². The van der Waals surface area contributed by atoms with E-state index < -0.39 is 53.3 Å². The molecular weight excluding hydrogens is 480 g/mol. The first-order chi connectivity index (χ1) is 17.3. The maximum Gasteiger partial charge on any atom is 0.334 e. The topological polar surface area (TPSA) is 118 Å². The van der Waals surface area contributed by atoms with Crippen LogP contribution >= 0.6 is 0 Å². The molecule has 0 N–H and O–H groups in total. The maximum atomic E-state index is 12.9. The lowest BCUT2D eigenvalue weighted by Crippen LogP contribution is -2.59. The van der Waals surface area contributed by atoms with Crippen molar-refractivity contribution in [3.8, 4) is 0 Å². The summed E-state index contributed by atoms with van der Waals surface area (Å²) in [6.07, 6.45) is 0.855. The predicted molar refractivity (Wildman–Crippen MR) is 131 cm³/mol. The van der Waals surface area contributed by atoms with Gasteiger partial charge in [-0.2, -0.15) is 0 Å². The fourth-order valence-corrected chi connectivity index (χ4v) is 6.54. The third-order valence-electron chi connectivity index (χ3n) is 8.72. The third-order valence-corrected chi connectivity index (χ3v) is 8.72. The van der Waals surface area contributed by atoms with Gasteiger partial charge in [0.1, 0.15) is 24.4 Å². The molecule has 0 aromatic carbocycles. The predicted octanol–water partition coefficient (Wildman–Crippen LogP) is 3.73. The highest BCUT2D eigenvalue weighted by Gasteiger charge is 2.72. The van der Waals surface area contributed by atoms with Crippen molar-refractivity contribution in [1.29, 1.82) is 0 Å². The molecule has 2 fully saturated rings. The SMILES string of the molecule is CCCC(=O)O[C@H]1C[C@H](OC(C)=O)/C(C)=C\[C@H]2OC(=O)C(C)=C2C[C@@H]2[C@]3(C)O[C@@H]3C[C@@H](OC(C)=O)[C@@]12C. The lowest BCUT2D eigenvalue weighted by Gasteiger charge is -2.52. The number of hydrogen-bond acceptors (Lipinski definition) is 9. The Morgan fingerprint density at radius 2 is 1.68 bits per heavy atom. The zero-order valence-corrected chi connectivity index (χ0v) is 22.8. The van der Waals surface area contributed by atoms with Crippen molar-refractivity contribution in [1.82, 2.24) is 0 Å². The minimum atomic E-state index is -0.906. The van der Waals surface area contributed by atoms with Gasteiger partial charge in [-0.05, 0) is 50.8 Å². The number of rotatable bonds is 5. The molecule has 37 heavy (non-hydrogen) atoms. The zero-order valence-electron chi connectivity index (χ0n) is 22.8. The lowest BCUT2D eigenvalue weighted by molar-refractivity contribution is -0.192. The fourth-order valence-electron chi connectivity index (χ4n) is 6.54. The Morgan fingerprint density at radius 3 is 2.30 bits per heavy atom.